The molecule has 3 aromatic heterocycles. The smallest absolute Gasteiger partial charge is 0.185 e. The molecule has 1 fully saturated rings. The van der Waals surface area contributed by atoms with Crippen LogP contribution in [0.2, 0.25) is 0 Å². The lowest BCUT2D eigenvalue weighted by Crippen LogP contribution is -2.33. The summed E-state index contributed by atoms with van der Waals surface area (Å²) in [6, 6.07) is 1.93. The third-order valence-corrected chi connectivity index (χ3v) is 6.27. The fourth-order valence-corrected chi connectivity index (χ4v) is 4.43. The van der Waals surface area contributed by atoms with Gasteiger partial charge in [-0.3, -0.25) is 9.58 Å². The first kappa shape index (κ1) is 18.1. The maximum atomic E-state index is 4.49. The minimum absolute atomic E-state index is 0.476. The first-order valence-electron chi connectivity index (χ1n) is 9.30. The Kier molecular flexibility index (Phi) is 5.22. The van der Waals surface area contributed by atoms with Gasteiger partial charge in [0.15, 0.2) is 11.0 Å². The van der Waals surface area contributed by atoms with E-state index in [9.17, 15) is 0 Å². The molecule has 0 bridgehead atoms. The Morgan fingerprint density at radius 1 is 1.19 bits per heavy atom. The zero-order chi connectivity index (χ0) is 18.8. The Balaban J connectivity index is 1.34. The number of rotatable bonds is 6. The lowest BCUT2D eigenvalue weighted by atomic mass is 9.96. The van der Waals surface area contributed by atoms with Crippen molar-refractivity contribution in [3.63, 3.8) is 0 Å². The number of hydrogen-bond donors (Lipinski definition) is 0. The molecule has 9 heteroatoms. The van der Waals surface area contributed by atoms with Gasteiger partial charge in [-0.1, -0.05) is 0 Å². The molecule has 0 unspecified atom stereocenters. The van der Waals surface area contributed by atoms with Crippen molar-refractivity contribution in [1.82, 2.24) is 34.4 Å². The molecule has 0 saturated carbocycles. The Morgan fingerprint density at radius 2 is 2.00 bits per heavy atom. The molecule has 1 saturated heterocycles. The molecule has 0 radical (unpaired) electrons. The van der Waals surface area contributed by atoms with Crippen LogP contribution in [0.1, 0.15) is 35.3 Å². The molecular formula is C18H26N8S. The van der Waals surface area contributed by atoms with Crippen LogP contribution in [0.3, 0.4) is 0 Å². The van der Waals surface area contributed by atoms with Gasteiger partial charge >= 0.3 is 0 Å². The van der Waals surface area contributed by atoms with E-state index < -0.39 is 0 Å². The number of nitrogens with zero attached hydrogens (tertiary/aromatic N) is 8. The van der Waals surface area contributed by atoms with E-state index >= 15 is 0 Å². The lowest BCUT2D eigenvalue weighted by molar-refractivity contribution is 0.202. The quantitative estimate of drug-likeness (QED) is 0.645. The second-order valence-electron chi connectivity index (χ2n) is 7.29. The number of aromatic nitrogens is 6. The van der Waals surface area contributed by atoms with Crippen molar-refractivity contribution < 1.29 is 0 Å². The number of piperidine rings is 1. The molecule has 3 aromatic rings. The monoisotopic (exact) mass is 386 g/mol. The van der Waals surface area contributed by atoms with Crippen molar-refractivity contribution in [1.29, 1.82) is 0 Å². The lowest BCUT2D eigenvalue weighted by Gasteiger charge is -2.31. The molecular weight excluding hydrogens is 360 g/mol. The van der Waals surface area contributed by atoms with Gasteiger partial charge in [0.25, 0.3) is 0 Å². The number of thiazole rings is 1. The van der Waals surface area contributed by atoms with E-state index in [0.29, 0.717) is 12.5 Å². The van der Waals surface area contributed by atoms with Gasteiger partial charge in [-0.05, 0) is 32.0 Å². The molecule has 1 aliphatic rings. The molecule has 27 heavy (non-hydrogen) atoms. The van der Waals surface area contributed by atoms with Crippen LogP contribution in [0, 0.1) is 0 Å². The summed E-state index contributed by atoms with van der Waals surface area (Å²) in [5, 5.41) is 14.2. The topological polar surface area (TPSA) is 67.9 Å². The summed E-state index contributed by atoms with van der Waals surface area (Å²) < 4.78 is 4.03. The van der Waals surface area contributed by atoms with Gasteiger partial charge in [-0.25, -0.2) is 4.98 Å². The van der Waals surface area contributed by atoms with Crippen LogP contribution in [0.4, 0.5) is 5.13 Å². The maximum absolute atomic E-state index is 4.49. The molecule has 1 aliphatic heterocycles. The zero-order valence-corrected chi connectivity index (χ0v) is 16.9. The Labute approximate surface area is 163 Å². The zero-order valence-electron chi connectivity index (χ0n) is 16.1. The van der Waals surface area contributed by atoms with E-state index in [1.54, 1.807) is 17.5 Å². The van der Waals surface area contributed by atoms with Crippen molar-refractivity contribution in [2.75, 3.05) is 32.1 Å². The summed E-state index contributed by atoms with van der Waals surface area (Å²) in [6.07, 6.45) is 7.99. The van der Waals surface area contributed by atoms with Gasteiger partial charge in [0.1, 0.15) is 12.4 Å². The van der Waals surface area contributed by atoms with Gasteiger partial charge in [-0.15, -0.1) is 21.5 Å². The molecule has 0 atom stereocenters. The second kappa shape index (κ2) is 7.77. The minimum atomic E-state index is 0.476. The van der Waals surface area contributed by atoms with Gasteiger partial charge in [0, 0.05) is 57.1 Å². The van der Waals surface area contributed by atoms with E-state index in [2.05, 4.69) is 41.7 Å². The van der Waals surface area contributed by atoms with Crippen molar-refractivity contribution in [2.24, 2.45) is 7.05 Å². The Bertz CT molecular complexity index is 858. The molecule has 0 spiro atoms. The van der Waals surface area contributed by atoms with Crippen molar-refractivity contribution in [3.8, 4) is 0 Å². The van der Waals surface area contributed by atoms with E-state index in [0.717, 1.165) is 49.3 Å². The number of hydrogen-bond acceptors (Lipinski definition) is 7. The molecule has 0 N–H and O–H groups in total. The summed E-state index contributed by atoms with van der Waals surface area (Å²) >= 11 is 1.78. The average molecular weight is 387 g/mol. The highest BCUT2D eigenvalue weighted by Crippen LogP contribution is 2.29. The Morgan fingerprint density at radius 3 is 2.67 bits per heavy atom. The summed E-state index contributed by atoms with van der Waals surface area (Å²) in [7, 11) is 6.14. The predicted octanol–water partition coefficient (Wildman–Crippen LogP) is 1.96. The largest absolute Gasteiger partial charge is 0.354 e. The molecule has 0 aromatic carbocycles. The van der Waals surface area contributed by atoms with Crippen LogP contribution in [0.25, 0.3) is 0 Å². The fraction of sp³-hybridized carbons (Fsp3) is 0.556. The first-order valence-corrected chi connectivity index (χ1v) is 10.1. The summed E-state index contributed by atoms with van der Waals surface area (Å²) in [5.74, 6) is 2.53. The molecule has 4 rings (SSSR count). The van der Waals surface area contributed by atoms with Crippen LogP contribution >= 0.6 is 11.3 Å². The molecule has 0 amide bonds. The van der Waals surface area contributed by atoms with Gasteiger partial charge < -0.3 is 9.47 Å². The number of anilines is 1. The molecule has 144 valence electrons. The van der Waals surface area contributed by atoms with E-state index in [1.807, 2.05) is 37.2 Å². The van der Waals surface area contributed by atoms with Crippen LogP contribution in [0.15, 0.2) is 24.7 Å². The van der Waals surface area contributed by atoms with Gasteiger partial charge in [-0.2, -0.15) is 5.10 Å². The third kappa shape index (κ3) is 4.03. The van der Waals surface area contributed by atoms with Crippen molar-refractivity contribution >= 4 is 16.5 Å². The fourth-order valence-electron chi connectivity index (χ4n) is 3.55. The van der Waals surface area contributed by atoms with E-state index in [-0.39, 0.29) is 0 Å². The average Bonchev–Trinajstić information content (AvgIpc) is 3.39. The summed E-state index contributed by atoms with van der Waals surface area (Å²) in [6.45, 7) is 3.82. The predicted molar refractivity (Wildman–Crippen MR) is 106 cm³/mol. The summed E-state index contributed by atoms with van der Waals surface area (Å²) in [4.78, 5) is 10.4. The number of likely N-dealkylation sites (tertiary alicyclic amines) is 1. The molecule has 8 nitrogen and oxygen atoms in total. The second-order valence-corrected chi connectivity index (χ2v) is 8.38. The standard InChI is InChI=1S/C18H26N8S/c1-23(2)18-19-11-15(27-18)12-25-9-5-14(6-10-25)17-22-21-16(24(17)3)13-26-8-4-7-20-26/h4,7-8,11,14H,5-6,9-10,12-13H2,1-3H3. The van der Waals surface area contributed by atoms with Gasteiger partial charge in [0.05, 0.1) is 0 Å². The maximum Gasteiger partial charge on any atom is 0.185 e. The van der Waals surface area contributed by atoms with Crippen LogP contribution in [-0.2, 0) is 20.1 Å². The minimum Gasteiger partial charge on any atom is -0.354 e. The van der Waals surface area contributed by atoms with Crippen molar-refractivity contribution in [3.05, 3.63) is 41.2 Å². The molecule has 0 aliphatic carbocycles. The van der Waals surface area contributed by atoms with Crippen LogP contribution in [0.5, 0.6) is 0 Å². The van der Waals surface area contributed by atoms with E-state index in [4.69, 9.17) is 0 Å². The van der Waals surface area contributed by atoms with Crippen LogP contribution in [-0.4, -0.2) is 61.6 Å². The Hall–Kier alpha value is -2.26. The van der Waals surface area contributed by atoms with Crippen molar-refractivity contribution in [2.45, 2.75) is 31.8 Å². The SMILES string of the molecule is CN(C)c1ncc(CN2CCC(c3nnc(Cn4cccn4)n3C)CC2)s1. The highest BCUT2D eigenvalue weighted by atomic mass is 32.1. The highest BCUT2D eigenvalue weighted by molar-refractivity contribution is 7.15. The van der Waals surface area contributed by atoms with Crippen LogP contribution < -0.4 is 4.90 Å². The molecule has 4 heterocycles. The third-order valence-electron chi connectivity index (χ3n) is 5.12. The normalized spacial score (nSPS) is 16.1. The highest BCUT2D eigenvalue weighted by Gasteiger charge is 2.25. The summed E-state index contributed by atoms with van der Waals surface area (Å²) in [5.41, 5.74) is 0. The first-order chi connectivity index (χ1) is 13.1. The van der Waals surface area contributed by atoms with E-state index in [1.165, 1.54) is 4.88 Å². The van der Waals surface area contributed by atoms with Gasteiger partial charge in [0.2, 0.25) is 0 Å².